The van der Waals surface area contributed by atoms with E-state index in [0.717, 1.165) is 0 Å². The molecule has 2 rings (SSSR count). The molecule has 0 N–H and O–H groups in total. The molecule has 0 amide bonds. The maximum atomic E-state index is 6.43. The molecular formula is C16H21Cl. The maximum Gasteiger partial charge on any atom is 0.0801 e. The summed E-state index contributed by atoms with van der Waals surface area (Å²) in [7, 11) is 0. The number of alkyl halides is 1. The van der Waals surface area contributed by atoms with Gasteiger partial charge >= 0.3 is 0 Å². The van der Waals surface area contributed by atoms with Crippen molar-refractivity contribution in [1.29, 1.82) is 0 Å². The lowest BCUT2D eigenvalue weighted by Gasteiger charge is -2.20. The van der Waals surface area contributed by atoms with Gasteiger partial charge in [0.05, 0.1) is 5.38 Å². The van der Waals surface area contributed by atoms with Gasteiger partial charge in [-0.25, -0.2) is 0 Å². The van der Waals surface area contributed by atoms with Crippen LogP contribution in [0.4, 0.5) is 0 Å². The molecule has 17 heavy (non-hydrogen) atoms. The summed E-state index contributed by atoms with van der Waals surface area (Å²) >= 11 is 6.43. The number of halogens is 1. The second kappa shape index (κ2) is 4.49. The molecule has 0 bridgehead atoms. The summed E-state index contributed by atoms with van der Waals surface area (Å²) in [5.41, 5.74) is 6.89. The van der Waals surface area contributed by atoms with E-state index < -0.39 is 0 Å². The highest BCUT2D eigenvalue weighted by Crippen LogP contribution is 2.44. The van der Waals surface area contributed by atoms with Crippen LogP contribution in [0.3, 0.4) is 0 Å². The molecule has 0 spiro atoms. The normalized spacial score (nSPS) is 18.8. The average Bonchev–Trinajstić information content (AvgIpc) is 2.53. The molecule has 1 heteroatoms. The van der Waals surface area contributed by atoms with Crippen LogP contribution in [-0.4, -0.2) is 0 Å². The van der Waals surface area contributed by atoms with E-state index in [1.54, 1.807) is 0 Å². The fourth-order valence-electron chi connectivity index (χ4n) is 2.75. The van der Waals surface area contributed by atoms with Crippen molar-refractivity contribution < 1.29 is 0 Å². The van der Waals surface area contributed by atoms with Crippen molar-refractivity contribution in [3.63, 3.8) is 0 Å². The van der Waals surface area contributed by atoms with E-state index in [4.69, 9.17) is 11.6 Å². The van der Waals surface area contributed by atoms with E-state index in [0.29, 0.717) is 11.8 Å². The van der Waals surface area contributed by atoms with Crippen molar-refractivity contribution in [2.75, 3.05) is 0 Å². The Morgan fingerprint density at radius 1 is 1.06 bits per heavy atom. The minimum atomic E-state index is 0.0729. The first kappa shape index (κ1) is 12.7. The molecule has 1 aromatic carbocycles. The first-order valence-corrected chi connectivity index (χ1v) is 6.86. The Kier molecular flexibility index (Phi) is 3.36. The Bertz CT molecular complexity index is 467. The van der Waals surface area contributed by atoms with Gasteiger partial charge in [0.1, 0.15) is 0 Å². The predicted molar refractivity (Wildman–Crippen MR) is 76.9 cm³/mol. The van der Waals surface area contributed by atoms with E-state index >= 15 is 0 Å². The van der Waals surface area contributed by atoms with E-state index in [-0.39, 0.29) is 5.38 Å². The molecule has 0 fully saturated rings. The zero-order chi connectivity index (χ0) is 12.7. The van der Waals surface area contributed by atoms with Gasteiger partial charge < -0.3 is 0 Å². The molecule has 0 aromatic heterocycles. The molecule has 92 valence electrons. The third kappa shape index (κ3) is 2.04. The molecule has 1 aromatic rings. The Morgan fingerprint density at radius 3 is 2.24 bits per heavy atom. The number of hydrogen-bond acceptors (Lipinski definition) is 0. The number of hydrogen-bond donors (Lipinski definition) is 0. The lowest BCUT2D eigenvalue weighted by atomic mass is 9.85. The SMILES string of the molecule is CC1=Cc2c(ccc(C(C)C)c2C(C)C)C1Cl. The standard InChI is InChI=1S/C16H21Cl/c1-9(2)12-6-7-13-14(15(12)10(3)4)8-11(5)16(13)17/h6-10,16H,1-5H3. The molecule has 1 atom stereocenters. The van der Waals surface area contributed by atoms with Crippen LogP contribution in [0.25, 0.3) is 6.08 Å². The van der Waals surface area contributed by atoms with Crippen LogP contribution in [0, 0.1) is 0 Å². The molecule has 1 aliphatic rings. The van der Waals surface area contributed by atoms with Crippen molar-refractivity contribution in [2.24, 2.45) is 0 Å². The maximum absolute atomic E-state index is 6.43. The van der Waals surface area contributed by atoms with Crippen LogP contribution >= 0.6 is 11.6 Å². The van der Waals surface area contributed by atoms with E-state index in [2.05, 4.69) is 52.8 Å². The summed E-state index contributed by atoms with van der Waals surface area (Å²) in [5.74, 6) is 1.12. The van der Waals surface area contributed by atoms with Gasteiger partial charge in [0.25, 0.3) is 0 Å². The lowest BCUT2D eigenvalue weighted by molar-refractivity contribution is 0.786. The van der Waals surface area contributed by atoms with Gasteiger partial charge in [0.15, 0.2) is 0 Å². The van der Waals surface area contributed by atoms with Gasteiger partial charge in [-0.2, -0.15) is 0 Å². The Balaban J connectivity index is 2.68. The molecule has 0 heterocycles. The van der Waals surface area contributed by atoms with Crippen LogP contribution in [-0.2, 0) is 0 Å². The van der Waals surface area contributed by atoms with Gasteiger partial charge in [-0.3, -0.25) is 0 Å². The summed E-state index contributed by atoms with van der Waals surface area (Å²) < 4.78 is 0. The summed E-state index contributed by atoms with van der Waals surface area (Å²) in [6, 6.07) is 4.47. The van der Waals surface area contributed by atoms with Crippen LogP contribution in [0.5, 0.6) is 0 Å². The summed E-state index contributed by atoms with van der Waals surface area (Å²) in [4.78, 5) is 0. The Morgan fingerprint density at radius 2 is 1.71 bits per heavy atom. The topological polar surface area (TPSA) is 0 Å². The zero-order valence-corrected chi connectivity index (χ0v) is 12.1. The monoisotopic (exact) mass is 248 g/mol. The smallest absolute Gasteiger partial charge is 0.0801 e. The molecule has 1 unspecified atom stereocenters. The molecule has 0 saturated heterocycles. The second-order valence-electron chi connectivity index (χ2n) is 5.63. The van der Waals surface area contributed by atoms with E-state index in [1.807, 2.05) is 0 Å². The fraction of sp³-hybridized carbons (Fsp3) is 0.500. The highest BCUT2D eigenvalue weighted by atomic mass is 35.5. The second-order valence-corrected chi connectivity index (χ2v) is 6.07. The lowest BCUT2D eigenvalue weighted by Crippen LogP contribution is -2.03. The van der Waals surface area contributed by atoms with Gasteiger partial charge in [0, 0.05) is 0 Å². The molecule has 0 aliphatic heterocycles. The van der Waals surface area contributed by atoms with Gasteiger partial charge in [-0.05, 0) is 41.0 Å². The molecule has 1 aliphatic carbocycles. The third-order valence-electron chi connectivity index (χ3n) is 3.60. The van der Waals surface area contributed by atoms with Crippen molar-refractivity contribution in [1.82, 2.24) is 0 Å². The van der Waals surface area contributed by atoms with Gasteiger partial charge in [-0.15, -0.1) is 11.6 Å². The molecule has 0 nitrogen and oxygen atoms in total. The average molecular weight is 249 g/mol. The number of fused-ring (bicyclic) bond motifs is 1. The Hall–Kier alpha value is -0.750. The van der Waals surface area contributed by atoms with Crippen molar-refractivity contribution in [2.45, 2.75) is 51.8 Å². The van der Waals surface area contributed by atoms with Crippen molar-refractivity contribution in [3.05, 3.63) is 40.0 Å². The Labute approximate surface area is 110 Å². The van der Waals surface area contributed by atoms with Crippen molar-refractivity contribution >= 4 is 17.7 Å². The molecule has 0 saturated carbocycles. The van der Waals surface area contributed by atoms with Crippen LogP contribution in [0.15, 0.2) is 17.7 Å². The van der Waals surface area contributed by atoms with Crippen LogP contribution in [0.1, 0.15) is 74.1 Å². The number of benzene rings is 1. The predicted octanol–water partition coefficient (Wildman–Crippen LogP) is 5.63. The number of rotatable bonds is 2. The third-order valence-corrected chi connectivity index (χ3v) is 4.18. The highest BCUT2D eigenvalue weighted by molar-refractivity contribution is 6.24. The minimum absolute atomic E-state index is 0.0729. The summed E-state index contributed by atoms with van der Waals surface area (Å²) in [6.07, 6.45) is 2.27. The number of allylic oxidation sites excluding steroid dienone is 1. The quantitative estimate of drug-likeness (QED) is 0.595. The van der Waals surface area contributed by atoms with Crippen LogP contribution < -0.4 is 0 Å². The highest BCUT2D eigenvalue weighted by Gasteiger charge is 2.25. The fourth-order valence-corrected chi connectivity index (χ4v) is 3.00. The van der Waals surface area contributed by atoms with E-state index in [1.165, 1.54) is 27.8 Å². The van der Waals surface area contributed by atoms with E-state index in [9.17, 15) is 0 Å². The zero-order valence-electron chi connectivity index (χ0n) is 11.3. The van der Waals surface area contributed by atoms with Crippen LogP contribution in [0.2, 0.25) is 0 Å². The molecule has 0 radical (unpaired) electrons. The van der Waals surface area contributed by atoms with Gasteiger partial charge in [-0.1, -0.05) is 51.5 Å². The largest absolute Gasteiger partial charge is 0.113 e. The summed E-state index contributed by atoms with van der Waals surface area (Å²) in [6.45, 7) is 11.2. The first-order valence-electron chi connectivity index (χ1n) is 6.42. The summed E-state index contributed by atoms with van der Waals surface area (Å²) in [5, 5.41) is 0.0729. The van der Waals surface area contributed by atoms with Gasteiger partial charge in [0.2, 0.25) is 0 Å². The minimum Gasteiger partial charge on any atom is -0.113 e. The van der Waals surface area contributed by atoms with Crippen molar-refractivity contribution in [3.8, 4) is 0 Å². The molecular weight excluding hydrogens is 228 g/mol. The first-order chi connectivity index (χ1) is 7.93.